The van der Waals surface area contributed by atoms with Crippen molar-refractivity contribution in [1.29, 1.82) is 0 Å². The van der Waals surface area contributed by atoms with Gasteiger partial charge in [0.15, 0.2) is 0 Å². The Labute approximate surface area is 100 Å². The van der Waals surface area contributed by atoms with Crippen LogP contribution >= 0.6 is 11.3 Å². The summed E-state index contributed by atoms with van der Waals surface area (Å²) in [6, 6.07) is 2.17. The molecule has 0 spiro atoms. The molecule has 0 aliphatic heterocycles. The van der Waals surface area contributed by atoms with Crippen molar-refractivity contribution in [3.63, 3.8) is 0 Å². The van der Waals surface area contributed by atoms with Crippen LogP contribution in [0.1, 0.15) is 22.3 Å². The highest BCUT2D eigenvalue weighted by molar-refractivity contribution is 7.08. The Kier molecular flexibility index (Phi) is 3.70. The second-order valence-corrected chi connectivity index (χ2v) is 4.80. The fraction of sp³-hybridized carbons (Fsp3) is 0.308. The van der Waals surface area contributed by atoms with Gasteiger partial charge < -0.3 is 5.32 Å². The maximum atomic E-state index is 4.18. The molecule has 0 unspecified atom stereocenters. The van der Waals surface area contributed by atoms with Gasteiger partial charge in [0.1, 0.15) is 0 Å². The van der Waals surface area contributed by atoms with Gasteiger partial charge in [-0.05, 0) is 46.9 Å². The van der Waals surface area contributed by atoms with Crippen LogP contribution in [-0.2, 0) is 13.1 Å². The minimum absolute atomic E-state index is 0.879. The summed E-state index contributed by atoms with van der Waals surface area (Å²) in [6.07, 6.45) is 3.80. The normalized spacial score (nSPS) is 10.6. The van der Waals surface area contributed by atoms with Crippen molar-refractivity contribution < 1.29 is 0 Å². The topological polar surface area (TPSA) is 24.9 Å². The number of thiophene rings is 1. The predicted octanol–water partition coefficient (Wildman–Crippen LogP) is 3.05. The van der Waals surface area contributed by atoms with Gasteiger partial charge in [-0.25, -0.2) is 0 Å². The summed E-state index contributed by atoms with van der Waals surface area (Å²) in [4.78, 5) is 4.18. The van der Waals surface area contributed by atoms with Crippen molar-refractivity contribution in [2.45, 2.75) is 26.9 Å². The third-order valence-electron chi connectivity index (χ3n) is 2.54. The number of hydrogen-bond acceptors (Lipinski definition) is 3. The lowest BCUT2D eigenvalue weighted by atomic mass is 10.2. The molecular formula is C13H16N2S. The van der Waals surface area contributed by atoms with Crippen molar-refractivity contribution in [2.75, 3.05) is 0 Å². The van der Waals surface area contributed by atoms with E-state index in [1.807, 2.05) is 12.4 Å². The van der Waals surface area contributed by atoms with Crippen molar-refractivity contribution >= 4 is 11.3 Å². The molecule has 3 heteroatoms. The number of nitrogens with zero attached hydrogens (tertiary/aromatic N) is 1. The summed E-state index contributed by atoms with van der Waals surface area (Å²) in [5.41, 5.74) is 5.23. The molecule has 1 N–H and O–H groups in total. The van der Waals surface area contributed by atoms with Crippen LogP contribution in [0.2, 0.25) is 0 Å². The molecule has 0 atom stereocenters. The van der Waals surface area contributed by atoms with E-state index in [9.17, 15) is 0 Å². The number of aromatic nitrogens is 1. The first-order chi connectivity index (χ1) is 7.75. The summed E-state index contributed by atoms with van der Waals surface area (Å²) in [5, 5.41) is 7.83. The zero-order valence-corrected chi connectivity index (χ0v) is 10.5. The van der Waals surface area contributed by atoms with Crippen molar-refractivity contribution in [3.8, 4) is 0 Å². The number of rotatable bonds is 4. The molecule has 0 bridgehead atoms. The van der Waals surface area contributed by atoms with Gasteiger partial charge >= 0.3 is 0 Å². The second kappa shape index (κ2) is 5.23. The maximum Gasteiger partial charge on any atom is 0.0313 e. The van der Waals surface area contributed by atoms with Crippen LogP contribution in [-0.4, -0.2) is 4.98 Å². The Morgan fingerprint density at radius 1 is 1.19 bits per heavy atom. The fourth-order valence-corrected chi connectivity index (χ4v) is 2.48. The summed E-state index contributed by atoms with van der Waals surface area (Å²) in [7, 11) is 0. The Morgan fingerprint density at radius 3 is 2.75 bits per heavy atom. The molecule has 2 heterocycles. The van der Waals surface area contributed by atoms with Gasteiger partial charge in [-0.3, -0.25) is 4.98 Å². The average molecular weight is 232 g/mol. The van der Waals surface area contributed by atoms with Gasteiger partial charge in [0.25, 0.3) is 0 Å². The van der Waals surface area contributed by atoms with E-state index < -0.39 is 0 Å². The minimum atomic E-state index is 0.879. The first-order valence-electron chi connectivity index (χ1n) is 5.38. The molecule has 84 valence electrons. The van der Waals surface area contributed by atoms with Gasteiger partial charge in [-0.15, -0.1) is 0 Å². The molecule has 2 aromatic heterocycles. The summed E-state index contributed by atoms with van der Waals surface area (Å²) in [6.45, 7) is 6.04. The Hall–Kier alpha value is -1.19. The average Bonchev–Trinajstić information content (AvgIpc) is 2.65. The third kappa shape index (κ3) is 2.90. The molecule has 0 saturated carbocycles. The van der Waals surface area contributed by atoms with Gasteiger partial charge in [-0.1, -0.05) is 6.07 Å². The first kappa shape index (κ1) is 11.3. The third-order valence-corrected chi connectivity index (χ3v) is 3.45. The summed E-state index contributed by atoms with van der Waals surface area (Å²) in [5.74, 6) is 0. The number of nitrogens with one attached hydrogen (secondary N) is 1. The van der Waals surface area contributed by atoms with E-state index in [-0.39, 0.29) is 0 Å². The molecule has 0 radical (unpaired) electrons. The van der Waals surface area contributed by atoms with E-state index in [2.05, 4.69) is 41.0 Å². The molecule has 2 aromatic rings. The highest BCUT2D eigenvalue weighted by Gasteiger charge is 1.99. The van der Waals surface area contributed by atoms with E-state index >= 15 is 0 Å². The van der Waals surface area contributed by atoms with E-state index in [4.69, 9.17) is 0 Å². The minimum Gasteiger partial charge on any atom is -0.309 e. The lowest BCUT2D eigenvalue weighted by Crippen LogP contribution is -2.13. The Balaban J connectivity index is 1.87. The van der Waals surface area contributed by atoms with Crippen LogP contribution in [0.4, 0.5) is 0 Å². The van der Waals surface area contributed by atoms with Crippen LogP contribution < -0.4 is 5.32 Å². The monoisotopic (exact) mass is 232 g/mol. The van der Waals surface area contributed by atoms with Crippen LogP contribution in [0.5, 0.6) is 0 Å². The SMILES string of the molecule is Cc1cncc(CNCc2cscc2C)c1. The van der Waals surface area contributed by atoms with Crippen LogP contribution in [0.25, 0.3) is 0 Å². The highest BCUT2D eigenvalue weighted by Crippen LogP contribution is 2.13. The fourth-order valence-electron chi connectivity index (χ4n) is 1.62. The van der Waals surface area contributed by atoms with Gasteiger partial charge in [-0.2, -0.15) is 11.3 Å². The Morgan fingerprint density at radius 2 is 2.06 bits per heavy atom. The van der Waals surface area contributed by atoms with Gasteiger partial charge in [0.2, 0.25) is 0 Å². The standard InChI is InChI=1S/C13H16N2S/c1-10-3-12(5-14-4-10)6-15-7-13-9-16-8-11(13)2/h3-5,8-9,15H,6-7H2,1-2H3. The lowest BCUT2D eigenvalue weighted by Gasteiger charge is -2.05. The number of hydrogen-bond donors (Lipinski definition) is 1. The summed E-state index contributed by atoms with van der Waals surface area (Å²) >= 11 is 1.76. The zero-order valence-electron chi connectivity index (χ0n) is 9.66. The predicted molar refractivity (Wildman–Crippen MR) is 68.6 cm³/mol. The number of pyridine rings is 1. The Bertz CT molecular complexity index is 462. The van der Waals surface area contributed by atoms with Gasteiger partial charge in [0.05, 0.1) is 0 Å². The molecule has 2 nitrogen and oxygen atoms in total. The highest BCUT2D eigenvalue weighted by atomic mass is 32.1. The molecule has 0 aromatic carbocycles. The molecule has 16 heavy (non-hydrogen) atoms. The smallest absolute Gasteiger partial charge is 0.0313 e. The van der Waals surface area contributed by atoms with Crippen molar-refractivity contribution in [3.05, 3.63) is 51.5 Å². The second-order valence-electron chi connectivity index (χ2n) is 4.05. The van der Waals surface area contributed by atoms with E-state index in [1.54, 1.807) is 11.3 Å². The summed E-state index contributed by atoms with van der Waals surface area (Å²) < 4.78 is 0. The molecule has 0 amide bonds. The largest absolute Gasteiger partial charge is 0.309 e. The maximum absolute atomic E-state index is 4.18. The van der Waals surface area contributed by atoms with Crippen LogP contribution in [0, 0.1) is 13.8 Å². The molecule has 2 rings (SSSR count). The van der Waals surface area contributed by atoms with Crippen LogP contribution in [0.3, 0.4) is 0 Å². The molecule has 0 fully saturated rings. The molecule has 0 aliphatic rings. The first-order valence-corrected chi connectivity index (χ1v) is 6.33. The van der Waals surface area contributed by atoms with E-state index in [1.165, 1.54) is 22.3 Å². The molecular weight excluding hydrogens is 216 g/mol. The zero-order chi connectivity index (χ0) is 11.4. The number of aryl methyl sites for hydroxylation is 2. The quantitative estimate of drug-likeness (QED) is 0.876. The van der Waals surface area contributed by atoms with Crippen molar-refractivity contribution in [2.24, 2.45) is 0 Å². The van der Waals surface area contributed by atoms with E-state index in [0.717, 1.165) is 13.1 Å². The van der Waals surface area contributed by atoms with E-state index in [0.29, 0.717) is 0 Å². The molecule has 0 saturated heterocycles. The van der Waals surface area contributed by atoms with Gasteiger partial charge in [0, 0.05) is 25.5 Å². The van der Waals surface area contributed by atoms with Crippen molar-refractivity contribution in [1.82, 2.24) is 10.3 Å². The molecule has 0 aliphatic carbocycles. The lowest BCUT2D eigenvalue weighted by molar-refractivity contribution is 0.690. The van der Waals surface area contributed by atoms with Crippen LogP contribution in [0.15, 0.2) is 29.2 Å².